The van der Waals surface area contributed by atoms with E-state index in [0.717, 1.165) is 26.1 Å². The molecule has 0 radical (unpaired) electrons. The van der Waals surface area contributed by atoms with Crippen molar-refractivity contribution in [2.75, 3.05) is 20.1 Å². The Balaban J connectivity index is 1.96. The molecule has 1 aromatic carbocycles. The minimum Gasteiger partial charge on any atom is -0.388 e. The SMILES string of the molecule is CNC1CN(Cc2ccccc2)CCC1(C)O. The summed E-state index contributed by atoms with van der Waals surface area (Å²) < 4.78 is 0. The number of likely N-dealkylation sites (tertiary alicyclic amines) is 1. The zero-order valence-corrected chi connectivity index (χ0v) is 10.7. The highest BCUT2D eigenvalue weighted by molar-refractivity contribution is 5.14. The Morgan fingerprint density at radius 1 is 1.41 bits per heavy atom. The van der Waals surface area contributed by atoms with Crippen LogP contribution in [-0.4, -0.2) is 41.8 Å². The number of hydrogen-bond donors (Lipinski definition) is 2. The largest absolute Gasteiger partial charge is 0.388 e. The van der Waals surface area contributed by atoms with Gasteiger partial charge in [0.05, 0.1) is 5.60 Å². The Labute approximate surface area is 103 Å². The number of likely N-dealkylation sites (N-methyl/N-ethyl adjacent to an activating group) is 1. The maximum absolute atomic E-state index is 10.2. The van der Waals surface area contributed by atoms with Crippen molar-refractivity contribution < 1.29 is 5.11 Å². The van der Waals surface area contributed by atoms with Gasteiger partial charge in [0.25, 0.3) is 0 Å². The summed E-state index contributed by atoms with van der Waals surface area (Å²) >= 11 is 0. The molecule has 2 unspecified atom stereocenters. The molecule has 17 heavy (non-hydrogen) atoms. The highest BCUT2D eigenvalue weighted by Crippen LogP contribution is 2.22. The van der Waals surface area contributed by atoms with Crippen molar-refractivity contribution in [3.8, 4) is 0 Å². The fraction of sp³-hybridized carbons (Fsp3) is 0.571. The molecule has 0 aliphatic carbocycles. The van der Waals surface area contributed by atoms with Crippen molar-refractivity contribution in [2.24, 2.45) is 0 Å². The lowest BCUT2D eigenvalue weighted by atomic mass is 9.88. The van der Waals surface area contributed by atoms with Crippen LogP contribution < -0.4 is 5.32 Å². The van der Waals surface area contributed by atoms with Gasteiger partial charge in [-0.3, -0.25) is 4.90 Å². The number of nitrogens with one attached hydrogen (secondary N) is 1. The summed E-state index contributed by atoms with van der Waals surface area (Å²) in [6.45, 7) is 4.75. The van der Waals surface area contributed by atoms with Crippen molar-refractivity contribution in [3.05, 3.63) is 35.9 Å². The zero-order valence-electron chi connectivity index (χ0n) is 10.7. The topological polar surface area (TPSA) is 35.5 Å². The van der Waals surface area contributed by atoms with Gasteiger partial charge in [0.1, 0.15) is 0 Å². The Hall–Kier alpha value is -0.900. The van der Waals surface area contributed by atoms with Crippen LogP contribution in [0.3, 0.4) is 0 Å². The molecule has 2 atom stereocenters. The second-order valence-electron chi connectivity index (χ2n) is 5.17. The summed E-state index contributed by atoms with van der Waals surface area (Å²) in [6, 6.07) is 10.7. The summed E-state index contributed by atoms with van der Waals surface area (Å²) in [5.41, 5.74) is 0.756. The minimum atomic E-state index is -0.581. The van der Waals surface area contributed by atoms with Crippen molar-refractivity contribution >= 4 is 0 Å². The summed E-state index contributed by atoms with van der Waals surface area (Å²) in [5.74, 6) is 0. The van der Waals surface area contributed by atoms with Gasteiger partial charge in [-0.15, -0.1) is 0 Å². The molecule has 0 aromatic heterocycles. The van der Waals surface area contributed by atoms with Gasteiger partial charge < -0.3 is 10.4 Å². The third-order valence-electron chi connectivity index (χ3n) is 3.72. The molecule has 1 aliphatic rings. The van der Waals surface area contributed by atoms with Crippen LogP contribution in [0.4, 0.5) is 0 Å². The fourth-order valence-corrected chi connectivity index (χ4v) is 2.49. The second-order valence-corrected chi connectivity index (χ2v) is 5.17. The first kappa shape index (κ1) is 12.6. The molecule has 1 aromatic rings. The van der Waals surface area contributed by atoms with Crippen LogP contribution in [0.2, 0.25) is 0 Å². The average Bonchev–Trinajstić information content (AvgIpc) is 2.33. The van der Waals surface area contributed by atoms with Crippen molar-refractivity contribution in [1.29, 1.82) is 0 Å². The van der Waals surface area contributed by atoms with Crippen LogP contribution in [0.1, 0.15) is 18.9 Å². The van der Waals surface area contributed by atoms with E-state index >= 15 is 0 Å². The predicted octanol–water partition coefficient (Wildman–Crippen LogP) is 1.23. The maximum Gasteiger partial charge on any atom is 0.0796 e. The van der Waals surface area contributed by atoms with Crippen LogP contribution in [0.15, 0.2) is 30.3 Å². The van der Waals surface area contributed by atoms with Gasteiger partial charge in [0, 0.05) is 25.7 Å². The molecule has 0 amide bonds. The normalized spacial score (nSPS) is 30.4. The predicted molar refractivity (Wildman–Crippen MR) is 69.8 cm³/mol. The molecule has 94 valence electrons. The molecule has 3 nitrogen and oxygen atoms in total. The van der Waals surface area contributed by atoms with Crippen molar-refractivity contribution in [2.45, 2.75) is 31.5 Å². The van der Waals surface area contributed by atoms with E-state index in [2.05, 4.69) is 34.5 Å². The minimum absolute atomic E-state index is 0.153. The van der Waals surface area contributed by atoms with Gasteiger partial charge >= 0.3 is 0 Å². The molecule has 1 heterocycles. The van der Waals surface area contributed by atoms with E-state index in [1.807, 2.05) is 20.0 Å². The van der Waals surface area contributed by atoms with E-state index < -0.39 is 5.60 Å². The van der Waals surface area contributed by atoms with E-state index in [9.17, 15) is 5.11 Å². The van der Waals surface area contributed by atoms with Gasteiger partial charge in [-0.1, -0.05) is 30.3 Å². The first-order valence-corrected chi connectivity index (χ1v) is 6.28. The van der Waals surface area contributed by atoms with Crippen molar-refractivity contribution in [1.82, 2.24) is 10.2 Å². The summed E-state index contributed by atoms with van der Waals surface area (Å²) in [6.07, 6.45) is 0.825. The molecule has 0 bridgehead atoms. The van der Waals surface area contributed by atoms with Crippen LogP contribution in [-0.2, 0) is 6.54 Å². The quantitative estimate of drug-likeness (QED) is 0.826. The summed E-state index contributed by atoms with van der Waals surface area (Å²) in [4.78, 5) is 2.40. The molecule has 1 fully saturated rings. The van der Waals surface area contributed by atoms with Crippen LogP contribution >= 0.6 is 0 Å². The molecule has 3 heteroatoms. The standard InChI is InChI=1S/C14H22N2O/c1-14(17)8-9-16(11-13(14)15-2)10-12-6-4-3-5-7-12/h3-7,13,15,17H,8-11H2,1-2H3. The van der Waals surface area contributed by atoms with E-state index in [4.69, 9.17) is 0 Å². The lowest BCUT2D eigenvalue weighted by Gasteiger charge is -2.42. The van der Waals surface area contributed by atoms with Gasteiger partial charge in [0.2, 0.25) is 0 Å². The van der Waals surface area contributed by atoms with Crippen LogP contribution in [0.5, 0.6) is 0 Å². The van der Waals surface area contributed by atoms with E-state index in [1.165, 1.54) is 5.56 Å². The molecular weight excluding hydrogens is 212 g/mol. The first-order chi connectivity index (χ1) is 8.12. The van der Waals surface area contributed by atoms with Gasteiger partial charge in [0.15, 0.2) is 0 Å². The Morgan fingerprint density at radius 3 is 2.76 bits per heavy atom. The third-order valence-corrected chi connectivity index (χ3v) is 3.72. The number of aliphatic hydroxyl groups is 1. The highest BCUT2D eigenvalue weighted by atomic mass is 16.3. The van der Waals surface area contributed by atoms with Crippen molar-refractivity contribution in [3.63, 3.8) is 0 Å². The fourth-order valence-electron chi connectivity index (χ4n) is 2.49. The smallest absolute Gasteiger partial charge is 0.0796 e. The monoisotopic (exact) mass is 234 g/mol. The number of hydrogen-bond acceptors (Lipinski definition) is 3. The van der Waals surface area contributed by atoms with E-state index in [-0.39, 0.29) is 6.04 Å². The summed E-state index contributed by atoms with van der Waals surface area (Å²) in [5, 5.41) is 13.4. The molecule has 1 saturated heterocycles. The van der Waals surface area contributed by atoms with Gasteiger partial charge in [-0.25, -0.2) is 0 Å². The third kappa shape index (κ3) is 3.06. The number of benzene rings is 1. The zero-order chi connectivity index (χ0) is 12.3. The Bertz CT molecular complexity index is 350. The second kappa shape index (κ2) is 5.17. The first-order valence-electron chi connectivity index (χ1n) is 6.28. The van der Waals surface area contributed by atoms with Crippen LogP contribution in [0.25, 0.3) is 0 Å². The maximum atomic E-state index is 10.2. The van der Waals surface area contributed by atoms with Crippen LogP contribution in [0, 0.1) is 0 Å². The van der Waals surface area contributed by atoms with E-state index in [0.29, 0.717) is 0 Å². The molecule has 2 N–H and O–H groups in total. The van der Waals surface area contributed by atoms with Gasteiger partial charge in [-0.2, -0.15) is 0 Å². The average molecular weight is 234 g/mol. The number of nitrogens with zero attached hydrogens (tertiary/aromatic N) is 1. The molecule has 0 spiro atoms. The molecule has 1 aliphatic heterocycles. The lowest BCUT2D eigenvalue weighted by molar-refractivity contribution is -0.0357. The Morgan fingerprint density at radius 2 is 2.12 bits per heavy atom. The number of rotatable bonds is 3. The molecule has 0 saturated carbocycles. The lowest BCUT2D eigenvalue weighted by Crippen LogP contribution is -2.58. The van der Waals surface area contributed by atoms with E-state index in [1.54, 1.807) is 0 Å². The summed E-state index contributed by atoms with van der Waals surface area (Å²) in [7, 11) is 1.92. The number of piperidine rings is 1. The Kier molecular flexibility index (Phi) is 3.82. The molecular formula is C14H22N2O. The van der Waals surface area contributed by atoms with Gasteiger partial charge in [-0.05, 0) is 26.0 Å². The highest BCUT2D eigenvalue weighted by Gasteiger charge is 2.36. The molecule has 2 rings (SSSR count).